The zero-order chi connectivity index (χ0) is 19.2. The summed E-state index contributed by atoms with van der Waals surface area (Å²) in [6, 6.07) is 14.9. The molecule has 0 atom stereocenters. The number of nitrogens with zero attached hydrogens (tertiary/aromatic N) is 1. The highest BCUT2D eigenvalue weighted by Gasteiger charge is 2.28. The Balaban J connectivity index is 1.58. The van der Waals surface area contributed by atoms with Crippen molar-refractivity contribution in [2.24, 2.45) is 0 Å². The number of unbranched alkanes of at least 4 members (excludes halogenated alkanes) is 1. The first-order valence-electron chi connectivity index (χ1n) is 9.39. The van der Waals surface area contributed by atoms with Gasteiger partial charge in [0.2, 0.25) is 11.8 Å². The first kappa shape index (κ1) is 18.8. The molecule has 0 saturated carbocycles. The molecule has 0 aromatic heterocycles. The van der Waals surface area contributed by atoms with Crippen LogP contribution in [0.5, 0.6) is 0 Å². The molecule has 140 valence electrons. The van der Waals surface area contributed by atoms with E-state index in [1.54, 1.807) is 24.3 Å². The number of hydrogen-bond donors (Lipinski definition) is 1. The molecule has 0 unspecified atom stereocenters. The topological polar surface area (TPSA) is 66.5 Å². The number of amides is 3. The number of carbonyl (C=O) groups excluding carboxylic acids is 3. The average molecular weight is 364 g/mol. The lowest BCUT2D eigenvalue weighted by Gasteiger charge is -2.14. The Kier molecular flexibility index (Phi) is 6.01. The molecule has 1 aliphatic heterocycles. The Morgan fingerprint density at radius 1 is 0.926 bits per heavy atom. The minimum absolute atomic E-state index is 0.135. The quantitative estimate of drug-likeness (QED) is 0.757. The van der Waals surface area contributed by atoms with Crippen molar-refractivity contribution < 1.29 is 14.4 Å². The summed E-state index contributed by atoms with van der Waals surface area (Å²) in [7, 11) is 0. The fourth-order valence-corrected chi connectivity index (χ4v) is 3.08. The number of anilines is 1. The lowest BCUT2D eigenvalue weighted by Crippen LogP contribution is -2.28. The van der Waals surface area contributed by atoms with E-state index in [0.717, 1.165) is 30.5 Å². The normalized spacial score (nSPS) is 13.9. The lowest BCUT2D eigenvalue weighted by atomic mass is 10.1. The number of imide groups is 1. The zero-order valence-electron chi connectivity index (χ0n) is 15.5. The third kappa shape index (κ3) is 4.82. The molecule has 1 N–H and O–H groups in total. The summed E-state index contributed by atoms with van der Waals surface area (Å²) in [5, 5.41) is 2.89. The first-order valence-corrected chi connectivity index (χ1v) is 9.39. The summed E-state index contributed by atoms with van der Waals surface area (Å²) in [5.74, 6) is -0.454. The Bertz CT molecular complexity index is 810. The first-order chi connectivity index (χ1) is 13.1. The number of benzene rings is 2. The Labute approximate surface area is 159 Å². The second-order valence-electron chi connectivity index (χ2n) is 6.83. The molecule has 0 bridgehead atoms. The molecular weight excluding hydrogens is 340 g/mol. The Hall–Kier alpha value is -2.95. The lowest BCUT2D eigenvalue weighted by molar-refractivity contribution is -0.139. The van der Waals surface area contributed by atoms with Crippen LogP contribution in [0.3, 0.4) is 0 Å². The van der Waals surface area contributed by atoms with Gasteiger partial charge in [0, 0.05) is 24.1 Å². The minimum atomic E-state index is -0.184. The van der Waals surface area contributed by atoms with E-state index < -0.39 is 0 Å². The van der Waals surface area contributed by atoms with Crippen molar-refractivity contribution in [3.8, 4) is 0 Å². The van der Waals surface area contributed by atoms with E-state index in [1.165, 1.54) is 10.5 Å². The molecule has 3 amide bonds. The zero-order valence-corrected chi connectivity index (χ0v) is 15.5. The maximum absolute atomic E-state index is 12.4. The third-order valence-corrected chi connectivity index (χ3v) is 4.74. The molecule has 5 nitrogen and oxygen atoms in total. The van der Waals surface area contributed by atoms with E-state index in [0.29, 0.717) is 5.56 Å². The van der Waals surface area contributed by atoms with Crippen LogP contribution in [0.1, 0.15) is 54.1 Å². The van der Waals surface area contributed by atoms with Gasteiger partial charge in [-0.3, -0.25) is 19.3 Å². The summed E-state index contributed by atoms with van der Waals surface area (Å²) in [6.07, 6.45) is 3.95. The van der Waals surface area contributed by atoms with Crippen LogP contribution in [0.25, 0.3) is 0 Å². The van der Waals surface area contributed by atoms with Gasteiger partial charge in [-0.2, -0.15) is 0 Å². The highest BCUT2D eigenvalue weighted by atomic mass is 16.2. The molecule has 5 heteroatoms. The summed E-state index contributed by atoms with van der Waals surface area (Å²) >= 11 is 0. The van der Waals surface area contributed by atoms with Crippen molar-refractivity contribution in [1.82, 2.24) is 4.90 Å². The van der Waals surface area contributed by atoms with Crippen molar-refractivity contribution in [1.29, 1.82) is 0 Å². The van der Waals surface area contributed by atoms with Gasteiger partial charge in [0.1, 0.15) is 0 Å². The Morgan fingerprint density at radius 3 is 2.11 bits per heavy atom. The van der Waals surface area contributed by atoms with Crippen LogP contribution in [-0.4, -0.2) is 22.6 Å². The monoisotopic (exact) mass is 364 g/mol. The summed E-state index contributed by atoms with van der Waals surface area (Å²) in [4.78, 5) is 37.1. The maximum atomic E-state index is 12.4. The van der Waals surface area contributed by atoms with Crippen molar-refractivity contribution in [2.75, 3.05) is 5.32 Å². The molecule has 1 heterocycles. The summed E-state index contributed by atoms with van der Waals surface area (Å²) in [6.45, 7) is 2.43. The van der Waals surface area contributed by atoms with E-state index >= 15 is 0 Å². The maximum Gasteiger partial charge on any atom is 0.255 e. The van der Waals surface area contributed by atoms with Crippen LogP contribution in [-0.2, 0) is 22.6 Å². The predicted molar refractivity (Wildman–Crippen MR) is 104 cm³/mol. The van der Waals surface area contributed by atoms with Gasteiger partial charge in [0.25, 0.3) is 5.91 Å². The van der Waals surface area contributed by atoms with Crippen LogP contribution in [0.15, 0.2) is 48.5 Å². The molecule has 3 rings (SSSR count). The van der Waals surface area contributed by atoms with Crippen LogP contribution < -0.4 is 5.32 Å². The molecule has 1 fully saturated rings. The van der Waals surface area contributed by atoms with Gasteiger partial charge in [-0.15, -0.1) is 0 Å². The molecule has 0 radical (unpaired) electrons. The van der Waals surface area contributed by atoms with Gasteiger partial charge in [-0.1, -0.05) is 37.6 Å². The van der Waals surface area contributed by atoms with E-state index in [2.05, 4.69) is 12.2 Å². The molecule has 1 aliphatic rings. The van der Waals surface area contributed by atoms with Gasteiger partial charge in [0.05, 0.1) is 6.54 Å². The van der Waals surface area contributed by atoms with Crippen molar-refractivity contribution in [2.45, 2.75) is 45.6 Å². The van der Waals surface area contributed by atoms with Crippen molar-refractivity contribution in [3.05, 3.63) is 65.2 Å². The van der Waals surface area contributed by atoms with Gasteiger partial charge < -0.3 is 5.32 Å². The predicted octanol–water partition coefficient (Wildman–Crippen LogP) is 3.93. The number of rotatable bonds is 7. The van der Waals surface area contributed by atoms with Crippen LogP contribution in [0, 0.1) is 0 Å². The van der Waals surface area contributed by atoms with Gasteiger partial charge in [0.15, 0.2) is 0 Å². The molecule has 2 aromatic rings. The molecule has 2 aromatic carbocycles. The molecule has 0 aliphatic carbocycles. The van der Waals surface area contributed by atoms with Crippen LogP contribution >= 0.6 is 0 Å². The number of aryl methyl sites for hydroxylation is 1. The van der Waals surface area contributed by atoms with E-state index in [1.807, 2.05) is 24.3 Å². The molecule has 1 saturated heterocycles. The van der Waals surface area contributed by atoms with Crippen LogP contribution in [0.2, 0.25) is 0 Å². The molecule has 0 spiro atoms. The van der Waals surface area contributed by atoms with E-state index in [9.17, 15) is 14.4 Å². The highest BCUT2D eigenvalue weighted by molar-refractivity contribution is 6.04. The minimum Gasteiger partial charge on any atom is -0.322 e. The van der Waals surface area contributed by atoms with Crippen molar-refractivity contribution in [3.63, 3.8) is 0 Å². The largest absolute Gasteiger partial charge is 0.322 e. The number of nitrogens with one attached hydrogen (secondary N) is 1. The fraction of sp³-hybridized carbons (Fsp3) is 0.318. The Morgan fingerprint density at radius 2 is 1.52 bits per heavy atom. The van der Waals surface area contributed by atoms with E-state index in [4.69, 9.17) is 0 Å². The highest BCUT2D eigenvalue weighted by Crippen LogP contribution is 2.17. The number of likely N-dealkylation sites (tertiary alicyclic amines) is 1. The third-order valence-electron chi connectivity index (χ3n) is 4.74. The van der Waals surface area contributed by atoms with E-state index in [-0.39, 0.29) is 37.1 Å². The fourth-order valence-electron chi connectivity index (χ4n) is 3.08. The second-order valence-corrected chi connectivity index (χ2v) is 6.83. The average Bonchev–Trinajstić information content (AvgIpc) is 3.00. The molecule has 27 heavy (non-hydrogen) atoms. The molecular formula is C22H24N2O3. The smallest absolute Gasteiger partial charge is 0.255 e. The standard InChI is InChI=1S/C22H24N2O3/c1-2-3-4-16-7-11-19(12-8-16)23-22(27)18-9-5-17(6-10-18)15-24-20(25)13-14-21(24)26/h5-12H,2-4,13-15H2,1H3,(H,23,27). The van der Waals surface area contributed by atoms with Gasteiger partial charge in [-0.05, 0) is 48.2 Å². The summed E-state index contributed by atoms with van der Waals surface area (Å²) in [5.41, 5.74) is 3.39. The second kappa shape index (κ2) is 8.62. The SMILES string of the molecule is CCCCc1ccc(NC(=O)c2ccc(CN3C(=O)CCC3=O)cc2)cc1. The van der Waals surface area contributed by atoms with Gasteiger partial charge in [-0.25, -0.2) is 0 Å². The van der Waals surface area contributed by atoms with Gasteiger partial charge >= 0.3 is 0 Å². The number of hydrogen-bond acceptors (Lipinski definition) is 3. The summed E-state index contributed by atoms with van der Waals surface area (Å²) < 4.78 is 0. The number of carbonyl (C=O) groups is 3. The van der Waals surface area contributed by atoms with Crippen molar-refractivity contribution >= 4 is 23.4 Å². The van der Waals surface area contributed by atoms with Crippen LogP contribution in [0.4, 0.5) is 5.69 Å².